The average molecular weight is 434 g/mol. The van der Waals surface area contributed by atoms with Crippen molar-refractivity contribution in [3.8, 4) is 0 Å². The first-order valence-corrected chi connectivity index (χ1v) is 10.7. The minimum atomic E-state index is -1.11. The van der Waals surface area contributed by atoms with Crippen molar-refractivity contribution in [1.82, 2.24) is 20.5 Å². The highest BCUT2D eigenvalue weighted by molar-refractivity contribution is 6.10. The van der Waals surface area contributed by atoms with Gasteiger partial charge in [0.25, 0.3) is 0 Å². The zero-order valence-corrected chi connectivity index (χ0v) is 17.9. The number of nitrogens with zero attached hydrogens (tertiary/aromatic N) is 3. The van der Waals surface area contributed by atoms with Crippen LogP contribution in [0, 0.1) is 12.8 Å². The lowest BCUT2D eigenvalue weighted by Crippen LogP contribution is -2.74. The number of pyridine rings is 1. The van der Waals surface area contributed by atoms with Crippen LogP contribution in [0.2, 0.25) is 0 Å². The van der Waals surface area contributed by atoms with Crippen molar-refractivity contribution in [2.75, 3.05) is 32.9 Å². The normalized spacial score (nSPS) is 38.2. The van der Waals surface area contributed by atoms with Crippen LogP contribution in [-0.4, -0.2) is 93.9 Å². The van der Waals surface area contributed by atoms with E-state index >= 15 is 0 Å². The van der Waals surface area contributed by atoms with Crippen LogP contribution in [0.1, 0.15) is 30.7 Å². The molecule has 10 heteroatoms. The van der Waals surface area contributed by atoms with Crippen LogP contribution < -0.4 is 10.6 Å². The molecule has 5 N–H and O–H groups in total. The molecule has 3 heterocycles. The first-order chi connectivity index (χ1) is 14.8. The van der Waals surface area contributed by atoms with Crippen molar-refractivity contribution in [2.24, 2.45) is 10.9 Å². The number of aromatic nitrogens is 1. The van der Waals surface area contributed by atoms with Crippen molar-refractivity contribution in [1.29, 1.82) is 0 Å². The number of carbonyl (C=O) groups is 1. The van der Waals surface area contributed by atoms with Crippen molar-refractivity contribution in [3.05, 3.63) is 29.6 Å². The lowest BCUT2D eigenvalue weighted by Gasteiger charge is -2.48. The molecule has 1 amide bonds. The van der Waals surface area contributed by atoms with Crippen LogP contribution in [0.5, 0.6) is 0 Å². The maximum absolute atomic E-state index is 13.3. The minimum absolute atomic E-state index is 0.234. The minimum Gasteiger partial charge on any atom is -0.396 e. The number of nitrogens with one attached hydrogen (secondary N) is 2. The average Bonchev–Trinajstić information content (AvgIpc) is 3.02. The number of hydrogen-bond donors (Lipinski definition) is 5. The van der Waals surface area contributed by atoms with Gasteiger partial charge in [-0.3, -0.25) is 19.7 Å². The quantitative estimate of drug-likeness (QED) is 0.395. The van der Waals surface area contributed by atoms with Crippen LogP contribution in [0.4, 0.5) is 0 Å². The van der Waals surface area contributed by atoms with Gasteiger partial charge in [0, 0.05) is 31.3 Å². The second-order valence-corrected chi connectivity index (χ2v) is 8.66. The number of aliphatic imine (C=N–C) groups is 1. The lowest BCUT2D eigenvalue weighted by atomic mass is 9.97. The molecule has 1 aromatic rings. The summed E-state index contributed by atoms with van der Waals surface area (Å²) < 4.78 is 5.44. The van der Waals surface area contributed by atoms with Crippen LogP contribution in [0.3, 0.4) is 0 Å². The Kier molecular flexibility index (Phi) is 6.27. The van der Waals surface area contributed by atoms with E-state index in [-0.39, 0.29) is 12.5 Å². The number of carbonyl (C=O) groups excluding carboxylic acids is 1. The maximum Gasteiger partial charge on any atom is 0.239 e. The first-order valence-electron chi connectivity index (χ1n) is 10.7. The Morgan fingerprint density at radius 2 is 2.00 bits per heavy atom. The Labute approximate surface area is 181 Å². The number of aryl methyl sites for hydroxylation is 1. The molecule has 2 saturated heterocycles. The summed E-state index contributed by atoms with van der Waals surface area (Å²) >= 11 is 0. The largest absolute Gasteiger partial charge is 0.396 e. The third-order valence-corrected chi connectivity index (χ3v) is 6.43. The number of ether oxygens (including phenoxy) is 1. The number of aliphatic hydroxyl groups is 3. The monoisotopic (exact) mass is 433 g/mol. The van der Waals surface area contributed by atoms with Gasteiger partial charge in [-0.2, -0.15) is 0 Å². The number of hydrogen-bond acceptors (Lipinski definition) is 8. The predicted octanol–water partition coefficient (Wildman–Crippen LogP) is -1.30. The van der Waals surface area contributed by atoms with E-state index in [2.05, 4.69) is 20.5 Å². The predicted molar refractivity (Wildman–Crippen MR) is 112 cm³/mol. The summed E-state index contributed by atoms with van der Waals surface area (Å²) in [5.41, 5.74) is 1.34. The fourth-order valence-electron chi connectivity index (χ4n) is 4.65. The molecule has 0 aromatic carbocycles. The van der Waals surface area contributed by atoms with E-state index in [4.69, 9.17) is 9.73 Å². The molecule has 31 heavy (non-hydrogen) atoms. The lowest BCUT2D eigenvalue weighted by molar-refractivity contribution is -0.130. The van der Waals surface area contributed by atoms with Crippen LogP contribution in [0.15, 0.2) is 23.2 Å². The number of amides is 1. The summed E-state index contributed by atoms with van der Waals surface area (Å²) in [4.78, 5) is 24.7. The molecule has 6 unspecified atom stereocenters. The van der Waals surface area contributed by atoms with Gasteiger partial charge in [-0.25, -0.2) is 0 Å². The highest BCUT2D eigenvalue weighted by Gasteiger charge is 2.47. The number of rotatable bonds is 4. The standard InChI is InChI=1S/C21H31N5O5/c1-12-4-3-5-14(22-12)16-19(23-15-10-13(11-27)17(28)18(15)29)24-21(2,25-20(16)30)26-6-8-31-9-7-26/h3-5,13,15-18,27-29H,6-11H2,1-2H3,(H,23,24)(H,25,30). The molecule has 170 valence electrons. The Hall–Kier alpha value is -2.11. The van der Waals surface area contributed by atoms with Crippen molar-refractivity contribution in [3.63, 3.8) is 0 Å². The molecular formula is C21H31N5O5. The van der Waals surface area contributed by atoms with E-state index in [0.29, 0.717) is 44.3 Å². The third-order valence-electron chi connectivity index (χ3n) is 6.43. The summed E-state index contributed by atoms with van der Waals surface area (Å²) in [6.07, 6.45) is -1.84. The SMILES string of the molecule is Cc1cccc(C2C(=O)NC(C)(N3CCOCC3)NC2=NC2CC(CO)C(O)C2O)n1. The Morgan fingerprint density at radius 1 is 1.26 bits per heavy atom. The van der Waals surface area contributed by atoms with Crippen LogP contribution >= 0.6 is 0 Å². The van der Waals surface area contributed by atoms with Gasteiger partial charge in [0.15, 0.2) is 5.79 Å². The Bertz CT molecular complexity index is 845. The molecule has 2 aliphatic heterocycles. The fraction of sp³-hybridized carbons (Fsp3) is 0.667. The van der Waals surface area contributed by atoms with Crippen LogP contribution in [-0.2, 0) is 9.53 Å². The van der Waals surface area contributed by atoms with Gasteiger partial charge in [0.1, 0.15) is 17.9 Å². The molecule has 0 radical (unpaired) electrons. The zero-order valence-electron chi connectivity index (χ0n) is 17.9. The summed E-state index contributed by atoms with van der Waals surface area (Å²) in [7, 11) is 0. The number of amidine groups is 1. The maximum atomic E-state index is 13.3. The molecule has 4 rings (SSSR count). The summed E-state index contributed by atoms with van der Waals surface area (Å²) in [6.45, 7) is 5.91. The molecule has 6 atom stereocenters. The van der Waals surface area contributed by atoms with Crippen molar-refractivity contribution < 1.29 is 24.9 Å². The Balaban J connectivity index is 1.70. The van der Waals surface area contributed by atoms with Gasteiger partial charge in [-0.05, 0) is 32.4 Å². The van der Waals surface area contributed by atoms with Gasteiger partial charge in [-0.1, -0.05) is 6.07 Å². The number of aliphatic hydroxyl groups excluding tert-OH is 3. The first kappa shape index (κ1) is 22.1. The highest BCUT2D eigenvalue weighted by Crippen LogP contribution is 2.31. The third kappa shape index (κ3) is 4.31. The fourth-order valence-corrected chi connectivity index (χ4v) is 4.65. The summed E-state index contributed by atoms with van der Waals surface area (Å²) in [5, 5.41) is 36.7. The van der Waals surface area contributed by atoms with Gasteiger partial charge >= 0.3 is 0 Å². The van der Waals surface area contributed by atoms with Gasteiger partial charge < -0.3 is 30.7 Å². The van der Waals surface area contributed by atoms with E-state index < -0.39 is 35.9 Å². The number of morpholine rings is 1. The second kappa shape index (κ2) is 8.79. The smallest absolute Gasteiger partial charge is 0.239 e. The molecular weight excluding hydrogens is 402 g/mol. The molecule has 3 aliphatic rings. The Morgan fingerprint density at radius 3 is 2.65 bits per heavy atom. The van der Waals surface area contributed by atoms with E-state index in [1.165, 1.54) is 0 Å². The summed E-state index contributed by atoms with van der Waals surface area (Å²) in [6, 6.07) is 4.84. The molecule has 3 fully saturated rings. The molecule has 10 nitrogen and oxygen atoms in total. The molecule has 1 saturated carbocycles. The van der Waals surface area contributed by atoms with Gasteiger partial charge in [-0.15, -0.1) is 0 Å². The summed E-state index contributed by atoms with van der Waals surface area (Å²) in [5.74, 6) is -1.95. The van der Waals surface area contributed by atoms with Crippen molar-refractivity contribution in [2.45, 2.75) is 50.2 Å². The molecule has 0 spiro atoms. The topological polar surface area (TPSA) is 140 Å². The van der Waals surface area contributed by atoms with Crippen molar-refractivity contribution >= 4 is 11.7 Å². The van der Waals surface area contributed by atoms with E-state index in [1.807, 2.05) is 26.0 Å². The molecule has 0 bridgehead atoms. The molecule has 1 aliphatic carbocycles. The van der Waals surface area contributed by atoms with E-state index in [9.17, 15) is 20.1 Å². The van der Waals surface area contributed by atoms with E-state index in [0.717, 1.165) is 5.69 Å². The zero-order chi connectivity index (χ0) is 22.2. The van der Waals surface area contributed by atoms with Crippen LogP contribution in [0.25, 0.3) is 0 Å². The van der Waals surface area contributed by atoms with Gasteiger partial charge in [0.05, 0.1) is 31.1 Å². The second-order valence-electron chi connectivity index (χ2n) is 8.66. The molecule has 1 aromatic heterocycles. The van der Waals surface area contributed by atoms with Gasteiger partial charge in [0.2, 0.25) is 5.91 Å². The highest BCUT2D eigenvalue weighted by atomic mass is 16.5. The van der Waals surface area contributed by atoms with E-state index in [1.54, 1.807) is 6.07 Å².